The van der Waals surface area contributed by atoms with Crippen LogP contribution in [0.2, 0.25) is 0 Å². The SMILES string of the molecule is CCCCCCCCCCCCCCCCC1(C)CCc2c3c(c(C)c(C)c2=N1)=NC1(CC3)C(=O)C(C)=C(C)C2=C1CCC(C)(CCCCCCCCCCCCCCCC)O2. The van der Waals surface area contributed by atoms with Crippen LogP contribution in [0.3, 0.4) is 0 Å². The van der Waals surface area contributed by atoms with E-state index in [-0.39, 0.29) is 16.9 Å². The number of unbranched alkanes of at least 4 members (excludes halogenated alkanes) is 26. The van der Waals surface area contributed by atoms with Crippen molar-refractivity contribution in [3.05, 3.63) is 55.4 Å². The van der Waals surface area contributed by atoms with Crippen LogP contribution in [0.15, 0.2) is 32.5 Å². The van der Waals surface area contributed by atoms with E-state index in [1.807, 2.05) is 6.92 Å². The van der Waals surface area contributed by atoms with Crippen LogP contribution in [0.25, 0.3) is 0 Å². The van der Waals surface area contributed by atoms with Gasteiger partial charge < -0.3 is 4.74 Å². The third-order valence-corrected chi connectivity index (χ3v) is 16.3. The first-order valence-electron chi connectivity index (χ1n) is 27.2. The summed E-state index contributed by atoms with van der Waals surface area (Å²) in [4.78, 5) is 25.8. The molecule has 1 aromatic carbocycles. The Morgan fingerprint density at radius 3 is 1.34 bits per heavy atom. The summed E-state index contributed by atoms with van der Waals surface area (Å²) >= 11 is 0. The van der Waals surface area contributed by atoms with Gasteiger partial charge in [0, 0.05) is 11.1 Å². The largest absolute Gasteiger partial charge is 0.487 e. The highest BCUT2D eigenvalue weighted by Gasteiger charge is 2.52. The topological polar surface area (TPSA) is 51.0 Å². The van der Waals surface area contributed by atoms with E-state index in [4.69, 9.17) is 14.7 Å². The van der Waals surface area contributed by atoms with Gasteiger partial charge in [0.05, 0.1) is 16.3 Å². The Hall–Kier alpha value is -2.23. The fourth-order valence-electron chi connectivity index (χ4n) is 11.7. The highest BCUT2D eigenvalue weighted by molar-refractivity contribution is 6.07. The summed E-state index contributed by atoms with van der Waals surface area (Å²) in [5, 5.41) is 2.33. The van der Waals surface area contributed by atoms with Crippen molar-refractivity contribution in [1.29, 1.82) is 0 Å². The number of rotatable bonds is 30. The Balaban J connectivity index is 1.14. The summed E-state index contributed by atoms with van der Waals surface area (Å²) in [6, 6.07) is 0. The number of benzene rings is 1. The van der Waals surface area contributed by atoms with Crippen LogP contribution < -0.4 is 10.7 Å². The first-order valence-corrected chi connectivity index (χ1v) is 27.2. The van der Waals surface area contributed by atoms with Crippen LogP contribution >= 0.6 is 0 Å². The van der Waals surface area contributed by atoms with Crippen molar-refractivity contribution in [3.8, 4) is 0 Å². The molecule has 4 aliphatic rings. The maximum atomic E-state index is 14.5. The van der Waals surface area contributed by atoms with Gasteiger partial charge in [-0.3, -0.25) is 14.8 Å². The van der Waals surface area contributed by atoms with E-state index in [0.29, 0.717) is 0 Å². The molecule has 3 heterocycles. The molecular weight excluding hydrogens is 757 g/mol. The average Bonchev–Trinajstić information content (AvgIpc) is 3.27. The van der Waals surface area contributed by atoms with Crippen LogP contribution in [-0.2, 0) is 22.4 Å². The third-order valence-electron chi connectivity index (χ3n) is 16.3. The smallest absolute Gasteiger partial charge is 0.190 e. The molecule has 5 rings (SSSR count). The molecule has 0 saturated heterocycles. The molecule has 3 aliphatic heterocycles. The number of carbonyl (C=O) groups excluding carboxylic acids is 1. The van der Waals surface area contributed by atoms with E-state index in [2.05, 4.69) is 48.5 Å². The van der Waals surface area contributed by atoms with Gasteiger partial charge in [-0.25, -0.2) is 0 Å². The van der Waals surface area contributed by atoms with Gasteiger partial charge >= 0.3 is 0 Å². The number of fused-ring (bicyclic) bond motifs is 4. The van der Waals surface area contributed by atoms with Gasteiger partial charge in [-0.2, -0.15) is 0 Å². The third kappa shape index (κ3) is 13.7. The monoisotopic (exact) mass is 853 g/mol. The van der Waals surface area contributed by atoms with Gasteiger partial charge in [0.15, 0.2) is 5.78 Å². The maximum Gasteiger partial charge on any atom is 0.190 e. The summed E-state index contributed by atoms with van der Waals surface area (Å²) in [5.74, 6) is 1.20. The van der Waals surface area contributed by atoms with Crippen molar-refractivity contribution in [2.24, 2.45) is 9.98 Å². The lowest BCUT2D eigenvalue weighted by Crippen LogP contribution is -2.51. The number of hydrogen-bond donors (Lipinski definition) is 0. The zero-order valence-electron chi connectivity index (χ0n) is 42.2. The molecule has 1 aromatic rings. The second-order valence-electron chi connectivity index (χ2n) is 21.6. The molecule has 4 heteroatoms. The predicted octanol–water partition coefficient (Wildman–Crippen LogP) is 16.4. The maximum absolute atomic E-state index is 14.5. The minimum absolute atomic E-state index is 0.0137. The van der Waals surface area contributed by atoms with E-state index in [1.165, 1.54) is 214 Å². The molecule has 1 spiro atoms. The number of Topliss-reactive ketones (excluding diaryl/α,β-unsaturated/α-hetero) is 1. The van der Waals surface area contributed by atoms with E-state index >= 15 is 0 Å². The van der Waals surface area contributed by atoms with Crippen LogP contribution in [-0.4, -0.2) is 22.5 Å². The van der Waals surface area contributed by atoms with E-state index < -0.39 is 5.54 Å². The number of carbonyl (C=O) groups is 1. The van der Waals surface area contributed by atoms with Crippen molar-refractivity contribution >= 4 is 5.78 Å². The van der Waals surface area contributed by atoms with Gasteiger partial charge in [-0.1, -0.05) is 187 Å². The van der Waals surface area contributed by atoms with Gasteiger partial charge in [-0.05, 0) is 127 Å². The molecule has 0 bridgehead atoms. The minimum atomic E-state index is -0.831. The van der Waals surface area contributed by atoms with Crippen LogP contribution in [0.4, 0.5) is 0 Å². The molecular formula is C58H96N2O2. The normalized spacial score (nSPS) is 23.3. The molecule has 4 nitrogen and oxygen atoms in total. The highest BCUT2D eigenvalue weighted by Crippen LogP contribution is 2.49. The van der Waals surface area contributed by atoms with Gasteiger partial charge in [0.2, 0.25) is 0 Å². The standard InChI is InChI=1S/C58H96N2O2/c1-9-11-13-15-17-19-21-23-25-27-29-31-33-35-40-56(7)42-37-49-50-38-44-58(60-53(50)46(4)45(3)52(49)59-56)51-39-43-57(8,62-54(51)47(5)48(6)55(58)61)41-36-34-32-30-28-26-24-22-20-18-16-14-12-10-2/h9-44H2,1-8H3. The Kier molecular flexibility index (Phi) is 20.8. The summed E-state index contributed by atoms with van der Waals surface area (Å²) < 4.78 is 7.09. The second kappa shape index (κ2) is 25.5. The molecule has 350 valence electrons. The van der Waals surface area contributed by atoms with Crippen LogP contribution in [0.5, 0.6) is 0 Å². The highest BCUT2D eigenvalue weighted by atomic mass is 16.5. The first kappa shape index (κ1) is 50.8. The molecule has 0 aromatic heterocycles. The van der Waals surface area contributed by atoms with Crippen LogP contribution in [0, 0.1) is 13.8 Å². The van der Waals surface area contributed by atoms with Crippen LogP contribution in [0.1, 0.15) is 282 Å². The number of ketones is 1. The quantitative estimate of drug-likeness (QED) is 0.0724. The molecule has 0 fully saturated rings. The zero-order valence-corrected chi connectivity index (χ0v) is 42.2. The van der Waals surface area contributed by atoms with E-state index in [1.54, 1.807) is 0 Å². The molecule has 3 atom stereocenters. The lowest BCUT2D eigenvalue weighted by atomic mass is 9.67. The summed E-state index contributed by atoms with van der Waals surface area (Å²) in [7, 11) is 0. The van der Waals surface area contributed by atoms with E-state index in [9.17, 15) is 4.79 Å². The molecule has 0 N–H and O–H groups in total. The van der Waals surface area contributed by atoms with E-state index in [0.717, 1.165) is 72.8 Å². The Bertz CT molecular complexity index is 1770. The molecule has 0 radical (unpaired) electrons. The Morgan fingerprint density at radius 1 is 0.468 bits per heavy atom. The van der Waals surface area contributed by atoms with Crippen molar-refractivity contribution in [2.75, 3.05) is 0 Å². The summed E-state index contributed by atoms with van der Waals surface area (Å²) in [5.41, 5.74) is 7.33. The van der Waals surface area contributed by atoms with Crippen molar-refractivity contribution in [2.45, 2.75) is 303 Å². The fraction of sp³-hybridized carbons (Fsp3) is 0.810. The fourth-order valence-corrected chi connectivity index (χ4v) is 11.7. The van der Waals surface area contributed by atoms with Gasteiger partial charge in [0.25, 0.3) is 0 Å². The lowest BCUT2D eigenvalue weighted by Gasteiger charge is -2.46. The van der Waals surface area contributed by atoms with Crippen molar-refractivity contribution in [1.82, 2.24) is 0 Å². The predicted molar refractivity (Wildman–Crippen MR) is 265 cm³/mol. The van der Waals surface area contributed by atoms with Gasteiger partial charge in [-0.15, -0.1) is 0 Å². The molecule has 1 aliphatic carbocycles. The zero-order chi connectivity index (χ0) is 44.4. The molecule has 62 heavy (non-hydrogen) atoms. The Labute approximate surface area is 382 Å². The first-order chi connectivity index (χ1) is 30.0. The number of hydrogen-bond acceptors (Lipinski definition) is 4. The lowest BCUT2D eigenvalue weighted by molar-refractivity contribution is -0.120. The molecule has 0 saturated carbocycles. The summed E-state index contributed by atoms with van der Waals surface area (Å²) in [6.45, 7) is 18.0. The Morgan fingerprint density at radius 2 is 0.871 bits per heavy atom. The molecule has 3 unspecified atom stereocenters. The molecule has 0 amide bonds. The minimum Gasteiger partial charge on any atom is -0.487 e. The second-order valence-corrected chi connectivity index (χ2v) is 21.6. The average molecular weight is 853 g/mol. The number of ether oxygens (including phenoxy) is 1. The van der Waals surface area contributed by atoms with Gasteiger partial charge in [0.1, 0.15) is 16.9 Å². The summed E-state index contributed by atoms with van der Waals surface area (Å²) in [6.07, 6.45) is 46.9. The van der Waals surface area contributed by atoms with Crippen molar-refractivity contribution in [3.63, 3.8) is 0 Å². The van der Waals surface area contributed by atoms with Crippen molar-refractivity contribution < 1.29 is 9.53 Å². The number of nitrogens with zero attached hydrogens (tertiary/aromatic N) is 2. The number of allylic oxidation sites excluding steroid dienone is 1.